The number of allylic oxidation sites excluding steroid dienone is 2. The lowest BCUT2D eigenvalue weighted by Gasteiger charge is -2.32. The molecular weight excluding hydrogens is 1060 g/mol. The van der Waals surface area contributed by atoms with Crippen molar-refractivity contribution in [3.8, 4) is 55.6 Å². The van der Waals surface area contributed by atoms with Crippen LogP contribution in [0.15, 0.2) is 340 Å². The number of rotatable bonds is 10. The first-order valence-electron chi connectivity index (χ1n) is 30.6. The Morgan fingerprint density at radius 1 is 0.295 bits per heavy atom. The van der Waals surface area contributed by atoms with Crippen LogP contribution in [0.4, 0.5) is 28.4 Å². The molecule has 0 saturated heterocycles. The largest absolute Gasteiger partial charge is 0.333 e. The molecule has 15 aromatic carbocycles. The van der Waals surface area contributed by atoms with Gasteiger partial charge >= 0.3 is 0 Å². The van der Waals surface area contributed by atoms with Gasteiger partial charge in [-0.05, 0) is 170 Å². The zero-order valence-electron chi connectivity index (χ0n) is 48.4. The molecule has 412 valence electrons. The highest BCUT2D eigenvalue weighted by atomic mass is 15.2. The second kappa shape index (κ2) is 21.3. The van der Waals surface area contributed by atoms with Crippen molar-refractivity contribution in [3.63, 3.8) is 0 Å². The van der Waals surface area contributed by atoms with Gasteiger partial charge in [0.1, 0.15) is 0 Å². The van der Waals surface area contributed by atoms with Crippen LogP contribution >= 0.6 is 0 Å². The average molecular weight is 1120 g/mol. The molecule has 0 radical (unpaired) electrons. The normalized spacial score (nSPS) is 14.4. The third-order valence-electron chi connectivity index (χ3n) is 18.5. The molecule has 1 aliphatic carbocycles. The molecule has 1 heterocycles. The lowest BCUT2D eigenvalue weighted by atomic mass is 9.82. The molecule has 2 unspecified atom stereocenters. The lowest BCUT2D eigenvalue weighted by molar-refractivity contribution is 0.747. The highest BCUT2D eigenvalue weighted by molar-refractivity contribution is 6.30. The van der Waals surface area contributed by atoms with Crippen LogP contribution in [0.1, 0.15) is 17.0 Å². The average Bonchev–Trinajstić information content (AvgIpc) is 2.94. The van der Waals surface area contributed by atoms with Crippen LogP contribution in [0, 0.1) is 0 Å². The van der Waals surface area contributed by atoms with Crippen LogP contribution in [-0.2, 0) is 0 Å². The van der Waals surface area contributed by atoms with Gasteiger partial charge in [-0.1, -0.05) is 285 Å². The Labute approximate surface area is 513 Å². The highest BCUT2D eigenvalue weighted by Gasteiger charge is 2.39. The Bertz CT molecular complexity index is 5160. The summed E-state index contributed by atoms with van der Waals surface area (Å²) in [6.45, 7) is 0. The fourth-order valence-electron chi connectivity index (χ4n) is 14.7. The highest BCUT2D eigenvalue weighted by Crippen LogP contribution is 2.55. The van der Waals surface area contributed by atoms with Gasteiger partial charge in [-0.15, -0.1) is 0 Å². The van der Waals surface area contributed by atoms with E-state index in [1.54, 1.807) is 0 Å². The molecule has 0 fully saturated rings. The Morgan fingerprint density at radius 2 is 0.727 bits per heavy atom. The summed E-state index contributed by atoms with van der Waals surface area (Å²) in [6.07, 6.45) is 7.35. The van der Waals surface area contributed by atoms with Gasteiger partial charge < -0.3 is 9.80 Å². The zero-order chi connectivity index (χ0) is 58.1. The number of para-hydroxylation sites is 1. The summed E-state index contributed by atoms with van der Waals surface area (Å²) in [6, 6.07) is 119. The van der Waals surface area contributed by atoms with Crippen molar-refractivity contribution >= 4 is 87.9 Å². The number of benzene rings is 15. The van der Waals surface area contributed by atoms with Gasteiger partial charge in [0.05, 0.1) is 11.7 Å². The quantitative estimate of drug-likeness (QED) is 0.126. The number of nitrogens with zero attached hydrogens (tertiary/aromatic N) is 2. The fraction of sp³-hybridized carbons (Fsp3) is 0.0233. The third kappa shape index (κ3) is 8.48. The monoisotopic (exact) mass is 1120 g/mol. The van der Waals surface area contributed by atoms with Crippen molar-refractivity contribution in [2.45, 2.75) is 12.0 Å². The number of anilines is 5. The number of hydrogen-bond donors (Lipinski definition) is 0. The van der Waals surface area contributed by atoms with Gasteiger partial charge in [0, 0.05) is 39.4 Å². The summed E-state index contributed by atoms with van der Waals surface area (Å²) < 4.78 is 0. The summed E-state index contributed by atoms with van der Waals surface area (Å²) in [5.74, 6) is 0.0866. The molecule has 15 aromatic rings. The minimum atomic E-state index is 0.0487. The van der Waals surface area contributed by atoms with Gasteiger partial charge in [0.25, 0.3) is 0 Å². The number of hydrogen-bond acceptors (Lipinski definition) is 2. The van der Waals surface area contributed by atoms with Crippen LogP contribution in [0.3, 0.4) is 0 Å². The van der Waals surface area contributed by atoms with Gasteiger partial charge in [0.15, 0.2) is 0 Å². The van der Waals surface area contributed by atoms with Crippen molar-refractivity contribution in [2.75, 3.05) is 9.80 Å². The molecule has 0 N–H and O–H groups in total. The maximum absolute atomic E-state index is 2.58. The third-order valence-corrected chi connectivity index (χ3v) is 18.5. The SMILES string of the molecule is C1=CC2C(C=C1c1ccccc1-c1ccccc1)c1cc(-c3ccccc3-c3ccccc3)ccc1N2c1ccc(N(c2ccccc2)c2c3ccccc3c(-c3c4ccccc4c(-c4ccc5ccccc5c4)c4ccccc34)c3ccccc23)cc1. The van der Waals surface area contributed by atoms with Crippen molar-refractivity contribution in [1.29, 1.82) is 0 Å². The van der Waals surface area contributed by atoms with E-state index in [2.05, 4.69) is 350 Å². The molecule has 2 heteroatoms. The Hall–Kier alpha value is -11.3. The molecule has 0 spiro atoms. The van der Waals surface area contributed by atoms with Gasteiger partial charge in [-0.3, -0.25) is 0 Å². The van der Waals surface area contributed by atoms with E-state index in [4.69, 9.17) is 0 Å². The maximum Gasteiger partial charge on any atom is 0.0630 e. The molecule has 0 amide bonds. The molecular formula is C86H58N2. The Balaban J connectivity index is 0.824. The fourth-order valence-corrected chi connectivity index (χ4v) is 14.7. The summed E-state index contributed by atoms with van der Waals surface area (Å²) in [5, 5.41) is 12.2. The van der Waals surface area contributed by atoms with Crippen LogP contribution < -0.4 is 9.80 Å². The molecule has 2 atom stereocenters. The smallest absolute Gasteiger partial charge is 0.0630 e. The molecule has 17 rings (SSSR count). The van der Waals surface area contributed by atoms with E-state index >= 15 is 0 Å². The number of fused-ring (bicyclic) bond motifs is 8. The summed E-state index contributed by atoms with van der Waals surface area (Å²) in [7, 11) is 0. The van der Waals surface area contributed by atoms with Crippen molar-refractivity contribution < 1.29 is 0 Å². The van der Waals surface area contributed by atoms with Gasteiger partial charge in [0.2, 0.25) is 0 Å². The van der Waals surface area contributed by atoms with Gasteiger partial charge in [-0.25, -0.2) is 0 Å². The summed E-state index contributed by atoms with van der Waals surface area (Å²) >= 11 is 0. The zero-order valence-corrected chi connectivity index (χ0v) is 48.4. The summed E-state index contributed by atoms with van der Waals surface area (Å²) in [4.78, 5) is 5.07. The van der Waals surface area contributed by atoms with Crippen LogP contribution in [-0.4, -0.2) is 6.04 Å². The predicted molar refractivity (Wildman–Crippen MR) is 375 cm³/mol. The van der Waals surface area contributed by atoms with Crippen LogP contribution in [0.25, 0.3) is 115 Å². The standard InChI is InChI=1S/C86H58N2/c1-4-25-58(26-5-1)67-32-12-14-34-69(67)61-46-52-81-79(55-61)80-56-62(70-35-15-13-33-68(70)59-27-6-2-7-28-59)47-53-82(80)88(81)66-50-48-65(49-51-66)87(64-30-8-3-9-31-64)86-77-42-22-20-40-75(77)85(76-41-21-23-43-78(76)86)84-73-38-18-16-36-71(73)83(72-37-17-19-39-74(72)84)63-45-44-57-24-10-11-29-60(57)54-63/h1-56,79,81H. The Kier molecular flexibility index (Phi) is 12.4. The van der Waals surface area contributed by atoms with Crippen molar-refractivity contribution in [1.82, 2.24) is 0 Å². The topological polar surface area (TPSA) is 6.48 Å². The van der Waals surface area contributed by atoms with E-state index in [1.165, 1.54) is 132 Å². The predicted octanol–water partition coefficient (Wildman–Crippen LogP) is 23.5. The summed E-state index contributed by atoms with van der Waals surface area (Å²) in [5.41, 5.74) is 21.8. The molecule has 1 aliphatic heterocycles. The van der Waals surface area contributed by atoms with E-state index in [-0.39, 0.29) is 12.0 Å². The van der Waals surface area contributed by atoms with Crippen LogP contribution in [0.2, 0.25) is 0 Å². The molecule has 2 aliphatic rings. The second-order valence-corrected chi connectivity index (χ2v) is 23.4. The van der Waals surface area contributed by atoms with Crippen molar-refractivity contribution in [2.24, 2.45) is 0 Å². The minimum Gasteiger partial charge on any atom is -0.333 e. The Morgan fingerprint density at radius 3 is 1.31 bits per heavy atom. The first-order chi connectivity index (χ1) is 43.7. The van der Waals surface area contributed by atoms with Crippen LogP contribution in [0.5, 0.6) is 0 Å². The maximum atomic E-state index is 2.58. The van der Waals surface area contributed by atoms with Gasteiger partial charge in [-0.2, -0.15) is 0 Å². The minimum absolute atomic E-state index is 0.0487. The first kappa shape index (κ1) is 51.1. The molecule has 0 saturated carbocycles. The van der Waals surface area contributed by atoms with E-state index in [1.807, 2.05) is 0 Å². The molecule has 0 aromatic heterocycles. The first-order valence-corrected chi connectivity index (χ1v) is 30.6. The molecule has 88 heavy (non-hydrogen) atoms. The molecule has 2 nitrogen and oxygen atoms in total. The molecule has 0 bridgehead atoms. The van der Waals surface area contributed by atoms with E-state index in [0.29, 0.717) is 0 Å². The van der Waals surface area contributed by atoms with Crippen molar-refractivity contribution in [3.05, 3.63) is 351 Å². The lowest BCUT2D eigenvalue weighted by Crippen LogP contribution is -2.29. The van der Waals surface area contributed by atoms with E-state index in [0.717, 1.165) is 22.7 Å². The van der Waals surface area contributed by atoms with E-state index < -0.39 is 0 Å². The van der Waals surface area contributed by atoms with E-state index in [9.17, 15) is 0 Å². The second-order valence-electron chi connectivity index (χ2n) is 23.4.